The second-order valence-corrected chi connectivity index (χ2v) is 23.7. The summed E-state index contributed by atoms with van der Waals surface area (Å²) in [6.07, 6.45) is 5.70. The van der Waals surface area contributed by atoms with Crippen LogP contribution in [0.5, 0.6) is 0 Å². The zero-order valence-corrected chi connectivity index (χ0v) is 41.4. The average Bonchev–Trinajstić information content (AvgIpc) is 3.89. The van der Waals surface area contributed by atoms with Gasteiger partial charge in [0.1, 0.15) is 4.83 Å². The molecule has 0 aliphatic carbocycles. The summed E-state index contributed by atoms with van der Waals surface area (Å²) in [6.45, 7) is 14.7. The summed E-state index contributed by atoms with van der Waals surface area (Å²) in [6, 6.07) is 35.4. The Labute approximate surface area is 403 Å². The van der Waals surface area contributed by atoms with Gasteiger partial charge in [-0.2, -0.15) is 11.3 Å². The molecule has 5 nitrogen and oxygen atoms in total. The molecule has 0 amide bonds. The number of imidazole rings is 1. The van der Waals surface area contributed by atoms with Crippen LogP contribution in [-0.4, -0.2) is 32.6 Å². The average molecular weight is 1050 g/mol. The molecule has 0 spiro atoms. The number of nitrogens with zero attached hydrogens (tertiary/aromatic N) is 5. The van der Waals surface area contributed by atoms with Crippen LogP contribution in [0.4, 0.5) is 0 Å². The van der Waals surface area contributed by atoms with Crippen molar-refractivity contribution in [3.8, 4) is 39.5 Å². The predicted octanol–water partition coefficient (Wildman–Crippen LogP) is 14.5. The van der Waals surface area contributed by atoms with Gasteiger partial charge in [0.25, 0.3) is 0 Å². The zero-order valence-electron chi connectivity index (χ0n) is 45.2. The maximum Gasteiger partial charge on any atom is 0.113 e. The van der Waals surface area contributed by atoms with E-state index in [4.69, 9.17) is 16.0 Å². The van der Waals surface area contributed by atoms with E-state index in [0.29, 0.717) is 28.0 Å². The van der Waals surface area contributed by atoms with E-state index >= 15 is 0 Å². The topological polar surface area (TPSA) is 56.5 Å². The van der Waals surface area contributed by atoms with Crippen LogP contribution in [0.25, 0.3) is 70.8 Å². The summed E-state index contributed by atoms with van der Waals surface area (Å²) in [4.78, 5) is 19.6. The molecule has 63 heavy (non-hydrogen) atoms. The van der Waals surface area contributed by atoms with Gasteiger partial charge in [-0.15, -0.1) is 53.1 Å². The molecule has 5 aromatic heterocycles. The maximum absolute atomic E-state index is 8.59. The van der Waals surface area contributed by atoms with Crippen molar-refractivity contribution in [1.29, 1.82) is 0 Å². The minimum Gasteiger partial charge on any atom is -0.331 e. The molecule has 0 aliphatic heterocycles. The van der Waals surface area contributed by atoms with E-state index in [0.717, 1.165) is 42.4 Å². The van der Waals surface area contributed by atoms with Gasteiger partial charge in [0.15, 0.2) is 0 Å². The number of pyridine rings is 3. The van der Waals surface area contributed by atoms with Crippen molar-refractivity contribution in [3.63, 3.8) is 0 Å². The Balaban J connectivity index is 0.000000236. The van der Waals surface area contributed by atoms with E-state index in [1.165, 1.54) is 39.7 Å². The number of rotatable bonds is 9. The Morgan fingerprint density at radius 1 is 0.794 bits per heavy atom. The number of aromatic nitrogens is 5. The van der Waals surface area contributed by atoms with Gasteiger partial charge in [-0.25, -0.2) is 4.98 Å². The first kappa shape index (κ1) is 36.2. The molecule has 323 valence electrons. The van der Waals surface area contributed by atoms with Gasteiger partial charge in [-0.05, 0) is 86.2 Å². The second kappa shape index (κ2) is 18.9. The molecule has 0 atom stereocenters. The molecule has 0 bridgehead atoms. The molecular weight excluding hydrogens is 983 g/mol. The van der Waals surface area contributed by atoms with E-state index in [-0.39, 0.29) is 49.0 Å². The van der Waals surface area contributed by atoms with Crippen molar-refractivity contribution in [2.45, 2.75) is 93.1 Å². The van der Waals surface area contributed by atoms with Gasteiger partial charge in [-0.3, -0.25) is 9.97 Å². The first-order valence-electron chi connectivity index (χ1n) is 25.2. The number of hydrogen-bond acceptors (Lipinski definition) is 5. The molecule has 0 unspecified atom stereocenters. The molecule has 0 N–H and O–H groups in total. The molecule has 0 saturated heterocycles. The van der Waals surface area contributed by atoms with Crippen LogP contribution in [0.1, 0.15) is 92.2 Å². The van der Waals surface area contributed by atoms with Crippen LogP contribution in [0.2, 0.25) is 19.6 Å². The molecule has 8 heteroatoms. The van der Waals surface area contributed by atoms with Crippen molar-refractivity contribution in [2.24, 2.45) is 5.92 Å². The van der Waals surface area contributed by atoms with Crippen molar-refractivity contribution in [1.82, 2.24) is 24.5 Å². The third-order valence-corrected chi connectivity index (χ3v) is 14.1. The molecule has 4 aromatic carbocycles. The molecule has 9 rings (SSSR count). The third kappa shape index (κ3) is 9.42. The molecule has 5 heterocycles. The Kier molecular flexibility index (Phi) is 10.9. The van der Waals surface area contributed by atoms with E-state index in [1.54, 1.807) is 36.8 Å². The maximum atomic E-state index is 8.59. The molecule has 0 saturated carbocycles. The summed E-state index contributed by atoms with van der Waals surface area (Å²) >= 11 is 1.49. The first-order chi connectivity index (χ1) is 32.9. The Morgan fingerprint density at radius 2 is 1.56 bits per heavy atom. The van der Waals surface area contributed by atoms with E-state index in [2.05, 4.69) is 115 Å². The van der Waals surface area contributed by atoms with Crippen molar-refractivity contribution >= 4 is 55.9 Å². The third-order valence-electron chi connectivity index (χ3n) is 11.0. The minimum absolute atomic E-state index is 0. The Morgan fingerprint density at radius 3 is 2.21 bits per heavy atom. The molecule has 9 aromatic rings. The molecule has 1 radical (unpaired) electrons. The summed E-state index contributed by atoms with van der Waals surface area (Å²) in [5, 5.41) is 2.53. The van der Waals surface area contributed by atoms with Gasteiger partial charge >= 0.3 is 0 Å². The number of hydrogen-bond donors (Lipinski definition) is 0. The first-order valence-corrected chi connectivity index (χ1v) is 25.5. The smallest absolute Gasteiger partial charge is 0.113 e. The zero-order chi connectivity index (χ0) is 50.7. The van der Waals surface area contributed by atoms with Gasteiger partial charge in [0.2, 0.25) is 0 Å². The predicted molar refractivity (Wildman–Crippen MR) is 267 cm³/mol. The SMILES string of the molecule is [2H]C([2H])([2H])c1c[c-]c(-c2cc(C([2H])([2H])C(C)C)c([Si](C)(C)C)cn2)cc1.[2H]C([2H])([2H])c1c[c-]c(-c2nc3ccncc3n2-c2c(C(C)C)cc(-c3ccccc3)cc2C(C)C)c2sc3ncccc3c12.[Ir]. The van der Waals surface area contributed by atoms with E-state index in [9.17, 15) is 0 Å². The van der Waals surface area contributed by atoms with Crippen LogP contribution >= 0.6 is 11.3 Å². The number of thiophene rings is 1. The van der Waals surface area contributed by atoms with Crippen molar-refractivity contribution in [2.75, 3.05) is 0 Å². The van der Waals surface area contributed by atoms with Gasteiger partial charge in [-0.1, -0.05) is 134 Å². The van der Waals surface area contributed by atoms with E-state index in [1.807, 2.05) is 50.4 Å². The van der Waals surface area contributed by atoms with Crippen LogP contribution in [0.3, 0.4) is 0 Å². The van der Waals surface area contributed by atoms with Crippen LogP contribution in [0.15, 0.2) is 116 Å². The van der Waals surface area contributed by atoms with Crippen molar-refractivity contribution in [3.05, 3.63) is 156 Å². The second-order valence-electron chi connectivity index (χ2n) is 17.7. The fourth-order valence-corrected chi connectivity index (χ4v) is 10.5. The van der Waals surface area contributed by atoms with Gasteiger partial charge < -0.3 is 9.55 Å². The fourth-order valence-electron chi connectivity index (χ4n) is 7.97. The summed E-state index contributed by atoms with van der Waals surface area (Å²) in [5.41, 5.74) is 10.8. The Bertz CT molecular complexity index is 3330. The van der Waals surface area contributed by atoms with Crippen LogP contribution in [-0.2, 0) is 26.5 Å². The largest absolute Gasteiger partial charge is 0.331 e. The quantitative estimate of drug-likeness (QED) is 0.107. The number of aryl methyl sites for hydroxylation is 2. The van der Waals surface area contributed by atoms with Crippen LogP contribution in [0, 0.1) is 31.8 Å². The number of fused-ring (bicyclic) bond motifs is 4. The minimum atomic E-state index is -2.30. The van der Waals surface area contributed by atoms with Gasteiger partial charge in [0, 0.05) is 60.7 Å². The summed E-state index contributed by atoms with van der Waals surface area (Å²) < 4.78 is 67.6. The van der Waals surface area contributed by atoms with Gasteiger partial charge in [0.05, 0.1) is 31.1 Å². The molecule has 0 fully saturated rings. The monoisotopic (exact) mass is 1050 g/mol. The standard InChI is InChI=1S/C36H31N4S.C19H26NSi.Ir/c1-21(2)28-18-25(24-10-7-6-8-11-24)19-29(22(3)4)33(28)40-31-20-37-17-15-30(31)39-35(40)27-14-13-23(5)32-26-12-9-16-38-36(26)41-34(27)32;1-14(2)11-17-12-18(16-9-7-15(3)8-10-16)20-13-19(17)21(4,5)6;/h6-13,15-22H,1-5H3;7-9,12-14H,11H2,1-6H3;/q2*-1;/i5D3;3D3,11D2;. The van der Waals surface area contributed by atoms with E-state index < -0.39 is 28.2 Å². The molecule has 0 aliphatic rings. The molecular formula is C55H57IrN5SSi-2. The normalized spacial score (nSPS) is 14.3. The fraction of sp³-hybridized carbons (Fsp3) is 0.273. The Hall–Kier alpha value is -5.11. The summed E-state index contributed by atoms with van der Waals surface area (Å²) in [5.74, 6) is 0.958. The van der Waals surface area contributed by atoms with Crippen LogP contribution < -0.4 is 5.19 Å². The number of benzene rings is 4. The summed E-state index contributed by atoms with van der Waals surface area (Å²) in [7, 11) is -1.78. The van der Waals surface area contributed by atoms with Crippen molar-refractivity contribution < 1.29 is 31.1 Å².